The fourth-order valence-corrected chi connectivity index (χ4v) is 2.47. The number of furan rings is 1. The van der Waals surface area contributed by atoms with E-state index in [2.05, 4.69) is 10.6 Å². The van der Waals surface area contributed by atoms with Crippen molar-refractivity contribution in [3.63, 3.8) is 0 Å². The quantitative estimate of drug-likeness (QED) is 0.747. The molecular formula is C14H22N4O3. The first kappa shape index (κ1) is 15.5. The Labute approximate surface area is 123 Å². The molecule has 2 rings (SSSR count). The van der Waals surface area contributed by atoms with Crippen LogP contribution in [0.5, 0.6) is 0 Å². The number of rotatable bonds is 4. The third-order valence-corrected chi connectivity index (χ3v) is 3.66. The van der Waals surface area contributed by atoms with Crippen LogP contribution in [0.3, 0.4) is 0 Å². The van der Waals surface area contributed by atoms with E-state index in [4.69, 9.17) is 10.2 Å². The number of urea groups is 1. The summed E-state index contributed by atoms with van der Waals surface area (Å²) in [4.78, 5) is 25.5. The van der Waals surface area contributed by atoms with Crippen LogP contribution in [0.2, 0.25) is 0 Å². The van der Waals surface area contributed by atoms with Gasteiger partial charge in [0.15, 0.2) is 0 Å². The van der Waals surface area contributed by atoms with Crippen LogP contribution in [0.15, 0.2) is 22.8 Å². The van der Waals surface area contributed by atoms with Crippen molar-refractivity contribution >= 4 is 11.9 Å². The highest BCUT2D eigenvalue weighted by atomic mass is 16.3. The second-order valence-electron chi connectivity index (χ2n) is 5.41. The van der Waals surface area contributed by atoms with Crippen molar-refractivity contribution in [2.24, 2.45) is 5.73 Å². The lowest BCUT2D eigenvalue weighted by atomic mass is 9.99. The van der Waals surface area contributed by atoms with E-state index in [1.807, 2.05) is 11.8 Å². The molecule has 2 unspecified atom stereocenters. The van der Waals surface area contributed by atoms with E-state index < -0.39 is 6.03 Å². The van der Waals surface area contributed by atoms with Gasteiger partial charge in [-0.3, -0.25) is 15.0 Å². The molecule has 0 aromatic carbocycles. The molecule has 2 atom stereocenters. The number of imide groups is 1. The molecule has 1 saturated heterocycles. The number of carbonyl (C=O) groups excluding carboxylic acids is 2. The highest BCUT2D eigenvalue weighted by molar-refractivity contribution is 5.95. The summed E-state index contributed by atoms with van der Waals surface area (Å²) >= 11 is 0. The number of carbonyl (C=O) groups is 2. The molecule has 0 bridgehead atoms. The van der Waals surface area contributed by atoms with Gasteiger partial charge in [-0.15, -0.1) is 0 Å². The predicted molar refractivity (Wildman–Crippen MR) is 77.3 cm³/mol. The van der Waals surface area contributed by atoms with Gasteiger partial charge in [0.2, 0.25) is 5.91 Å². The molecule has 21 heavy (non-hydrogen) atoms. The van der Waals surface area contributed by atoms with Gasteiger partial charge in [-0.1, -0.05) is 0 Å². The monoisotopic (exact) mass is 294 g/mol. The summed E-state index contributed by atoms with van der Waals surface area (Å²) < 4.78 is 5.09. The Morgan fingerprint density at radius 3 is 3.00 bits per heavy atom. The Hall–Kier alpha value is -1.86. The molecule has 1 aromatic heterocycles. The molecule has 0 saturated carbocycles. The molecule has 7 nitrogen and oxygen atoms in total. The Balaban J connectivity index is 1.70. The number of likely N-dealkylation sites (tertiary alicyclic amines) is 1. The highest BCUT2D eigenvalue weighted by Gasteiger charge is 2.25. The third-order valence-electron chi connectivity index (χ3n) is 3.66. The molecular weight excluding hydrogens is 272 g/mol. The first-order valence-electron chi connectivity index (χ1n) is 7.14. The Bertz CT molecular complexity index is 475. The number of nitrogens with two attached hydrogens (primary N) is 1. The van der Waals surface area contributed by atoms with Crippen molar-refractivity contribution < 1.29 is 14.0 Å². The molecule has 1 aromatic rings. The lowest BCUT2D eigenvalue weighted by molar-refractivity contribution is -0.122. The number of piperidine rings is 1. The standard InChI is InChI=1S/C14H22N4O3/c1-10-7-11(15)4-5-18(10)9-13(19)17-14(20)16-8-12-3-2-6-21-12/h2-3,6,10-11H,4-5,7-9,15H2,1H3,(H2,16,17,19,20). The third kappa shape index (κ3) is 4.87. The van der Waals surface area contributed by atoms with Crippen LogP contribution in [0.4, 0.5) is 4.79 Å². The summed E-state index contributed by atoms with van der Waals surface area (Å²) in [5, 5.41) is 4.89. The minimum Gasteiger partial charge on any atom is -0.467 e. The largest absolute Gasteiger partial charge is 0.467 e. The molecule has 0 spiro atoms. The zero-order valence-electron chi connectivity index (χ0n) is 12.2. The normalized spacial score (nSPS) is 22.8. The van der Waals surface area contributed by atoms with Gasteiger partial charge in [-0.25, -0.2) is 4.79 Å². The maximum absolute atomic E-state index is 11.8. The van der Waals surface area contributed by atoms with Gasteiger partial charge in [-0.2, -0.15) is 0 Å². The zero-order valence-corrected chi connectivity index (χ0v) is 12.2. The summed E-state index contributed by atoms with van der Waals surface area (Å²) in [6.45, 7) is 3.29. The molecule has 0 radical (unpaired) electrons. The van der Waals surface area contributed by atoms with Crippen LogP contribution < -0.4 is 16.4 Å². The maximum Gasteiger partial charge on any atom is 0.321 e. The smallest absolute Gasteiger partial charge is 0.321 e. The fraction of sp³-hybridized carbons (Fsp3) is 0.571. The lowest BCUT2D eigenvalue weighted by Gasteiger charge is -2.35. The second kappa shape index (κ2) is 7.24. The van der Waals surface area contributed by atoms with E-state index in [1.54, 1.807) is 12.1 Å². The molecule has 1 aliphatic heterocycles. The van der Waals surface area contributed by atoms with Crippen molar-refractivity contribution in [3.8, 4) is 0 Å². The SMILES string of the molecule is CC1CC(N)CCN1CC(=O)NC(=O)NCc1ccco1. The van der Waals surface area contributed by atoms with Gasteiger partial charge < -0.3 is 15.5 Å². The van der Waals surface area contributed by atoms with Gasteiger partial charge in [0, 0.05) is 18.6 Å². The zero-order chi connectivity index (χ0) is 15.2. The molecule has 4 N–H and O–H groups in total. The van der Waals surface area contributed by atoms with Crippen LogP contribution in [-0.4, -0.2) is 42.0 Å². The van der Waals surface area contributed by atoms with Gasteiger partial charge in [0.05, 0.1) is 19.4 Å². The number of nitrogens with one attached hydrogen (secondary N) is 2. The lowest BCUT2D eigenvalue weighted by Crippen LogP contribution is -2.51. The van der Waals surface area contributed by atoms with E-state index in [-0.39, 0.29) is 31.1 Å². The average molecular weight is 294 g/mol. The summed E-state index contributed by atoms with van der Waals surface area (Å²) in [6.07, 6.45) is 3.28. The van der Waals surface area contributed by atoms with Crippen LogP contribution in [0, 0.1) is 0 Å². The van der Waals surface area contributed by atoms with Crippen LogP contribution >= 0.6 is 0 Å². The van der Waals surface area contributed by atoms with Crippen molar-refractivity contribution in [1.82, 2.24) is 15.5 Å². The van der Waals surface area contributed by atoms with E-state index >= 15 is 0 Å². The van der Waals surface area contributed by atoms with Gasteiger partial charge >= 0.3 is 6.03 Å². The first-order chi connectivity index (χ1) is 10.0. The van der Waals surface area contributed by atoms with E-state index in [1.165, 1.54) is 6.26 Å². The minimum absolute atomic E-state index is 0.205. The first-order valence-corrected chi connectivity index (χ1v) is 7.14. The minimum atomic E-state index is -0.516. The van der Waals surface area contributed by atoms with Crippen molar-refractivity contribution in [2.75, 3.05) is 13.1 Å². The van der Waals surface area contributed by atoms with Crippen molar-refractivity contribution in [2.45, 2.75) is 38.4 Å². The highest BCUT2D eigenvalue weighted by Crippen LogP contribution is 2.14. The molecule has 7 heteroatoms. The number of hydrogen-bond donors (Lipinski definition) is 3. The number of amides is 3. The van der Waals surface area contributed by atoms with Crippen LogP contribution in [-0.2, 0) is 11.3 Å². The molecule has 1 aliphatic rings. The van der Waals surface area contributed by atoms with Gasteiger partial charge in [0.25, 0.3) is 0 Å². The molecule has 3 amide bonds. The van der Waals surface area contributed by atoms with Gasteiger partial charge in [0.1, 0.15) is 5.76 Å². The van der Waals surface area contributed by atoms with Crippen molar-refractivity contribution in [3.05, 3.63) is 24.2 Å². The van der Waals surface area contributed by atoms with Gasteiger partial charge in [-0.05, 0) is 31.9 Å². The molecule has 2 heterocycles. The average Bonchev–Trinajstić information content (AvgIpc) is 2.93. The number of nitrogens with zero attached hydrogens (tertiary/aromatic N) is 1. The topological polar surface area (TPSA) is 101 Å². The Kier molecular flexibility index (Phi) is 5.35. The summed E-state index contributed by atoms with van der Waals surface area (Å²) in [7, 11) is 0. The summed E-state index contributed by atoms with van der Waals surface area (Å²) in [6, 6.07) is 3.43. The summed E-state index contributed by atoms with van der Waals surface area (Å²) in [5.74, 6) is 0.325. The number of hydrogen-bond acceptors (Lipinski definition) is 5. The molecule has 1 fully saturated rings. The van der Waals surface area contributed by atoms with E-state index in [0.717, 1.165) is 19.4 Å². The van der Waals surface area contributed by atoms with Crippen LogP contribution in [0.25, 0.3) is 0 Å². The maximum atomic E-state index is 11.8. The Morgan fingerprint density at radius 1 is 1.52 bits per heavy atom. The van der Waals surface area contributed by atoms with E-state index in [9.17, 15) is 9.59 Å². The van der Waals surface area contributed by atoms with E-state index in [0.29, 0.717) is 5.76 Å². The second-order valence-corrected chi connectivity index (χ2v) is 5.41. The predicted octanol–water partition coefficient (Wildman–Crippen LogP) is 0.417. The Morgan fingerprint density at radius 2 is 2.33 bits per heavy atom. The fourth-order valence-electron chi connectivity index (χ4n) is 2.47. The summed E-state index contributed by atoms with van der Waals surface area (Å²) in [5.41, 5.74) is 5.88. The molecule has 0 aliphatic carbocycles. The molecule has 116 valence electrons. The van der Waals surface area contributed by atoms with Crippen molar-refractivity contribution in [1.29, 1.82) is 0 Å². The van der Waals surface area contributed by atoms with Crippen LogP contribution in [0.1, 0.15) is 25.5 Å².